The molecule has 22 heavy (non-hydrogen) atoms. The van der Waals surface area contributed by atoms with Gasteiger partial charge < -0.3 is 15.4 Å². The fourth-order valence-corrected chi connectivity index (χ4v) is 2.19. The Hall–Kier alpha value is -1.92. The standard InChI is InChI=1S/C15H17ClN4OS/c1-2-21-13-6-4-8-17-12(13)7-10-19-15(22)20-14-11(16)5-3-9-18-14/h3-6,8-9H,2,7,10H2,1H3,(H2,18,19,20,22). The molecular formula is C15H17ClN4OS. The third kappa shape index (κ3) is 4.82. The van der Waals surface area contributed by atoms with E-state index in [2.05, 4.69) is 20.6 Å². The topological polar surface area (TPSA) is 59.1 Å². The van der Waals surface area contributed by atoms with Crippen molar-refractivity contribution in [2.45, 2.75) is 13.3 Å². The van der Waals surface area contributed by atoms with E-state index in [9.17, 15) is 0 Å². The van der Waals surface area contributed by atoms with Crippen LogP contribution in [0.1, 0.15) is 12.6 Å². The first-order valence-corrected chi connectivity index (χ1v) is 7.71. The summed E-state index contributed by atoms with van der Waals surface area (Å²) in [5.41, 5.74) is 0.899. The van der Waals surface area contributed by atoms with Crippen molar-refractivity contribution in [1.82, 2.24) is 15.3 Å². The zero-order valence-electron chi connectivity index (χ0n) is 12.2. The number of thiocarbonyl (C=S) groups is 1. The molecule has 0 spiro atoms. The van der Waals surface area contributed by atoms with Gasteiger partial charge in [0.2, 0.25) is 0 Å². The monoisotopic (exact) mass is 336 g/mol. The Morgan fingerprint density at radius 1 is 1.27 bits per heavy atom. The molecule has 0 unspecified atom stereocenters. The van der Waals surface area contributed by atoms with Crippen LogP contribution in [-0.2, 0) is 6.42 Å². The smallest absolute Gasteiger partial charge is 0.171 e. The summed E-state index contributed by atoms with van der Waals surface area (Å²) in [5, 5.41) is 7.05. The van der Waals surface area contributed by atoms with Crippen molar-refractivity contribution in [3.8, 4) is 5.75 Å². The molecule has 0 amide bonds. The summed E-state index contributed by atoms with van der Waals surface area (Å²) in [6, 6.07) is 7.29. The molecule has 2 heterocycles. The predicted molar refractivity (Wildman–Crippen MR) is 92.6 cm³/mol. The van der Waals surface area contributed by atoms with Crippen LogP contribution in [-0.4, -0.2) is 28.2 Å². The van der Waals surface area contributed by atoms with Gasteiger partial charge in [0, 0.05) is 25.4 Å². The van der Waals surface area contributed by atoms with E-state index in [1.807, 2.05) is 19.1 Å². The Labute approximate surface area is 140 Å². The number of nitrogens with one attached hydrogen (secondary N) is 2. The number of pyridine rings is 2. The van der Waals surface area contributed by atoms with Gasteiger partial charge in [-0.25, -0.2) is 4.98 Å². The lowest BCUT2D eigenvalue weighted by atomic mass is 10.2. The molecule has 0 fully saturated rings. The summed E-state index contributed by atoms with van der Waals surface area (Å²) >= 11 is 11.2. The van der Waals surface area contributed by atoms with E-state index in [-0.39, 0.29) is 0 Å². The first kappa shape index (κ1) is 16.5. The molecule has 0 aliphatic heterocycles. The summed E-state index contributed by atoms with van der Waals surface area (Å²) < 4.78 is 5.54. The molecule has 2 aromatic rings. The minimum absolute atomic E-state index is 0.467. The van der Waals surface area contributed by atoms with Crippen LogP contribution in [0.4, 0.5) is 5.82 Å². The quantitative estimate of drug-likeness (QED) is 0.791. The first-order valence-electron chi connectivity index (χ1n) is 6.92. The average Bonchev–Trinajstić information content (AvgIpc) is 2.51. The zero-order chi connectivity index (χ0) is 15.8. The zero-order valence-corrected chi connectivity index (χ0v) is 13.7. The Kier molecular flexibility index (Phi) is 6.36. The molecule has 0 atom stereocenters. The number of aromatic nitrogens is 2. The summed E-state index contributed by atoms with van der Waals surface area (Å²) in [7, 11) is 0. The fourth-order valence-electron chi connectivity index (χ4n) is 1.82. The van der Waals surface area contributed by atoms with E-state index in [0.717, 1.165) is 11.4 Å². The molecule has 0 aliphatic rings. The summed E-state index contributed by atoms with van der Waals surface area (Å²) in [4.78, 5) is 8.45. The number of halogens is 1. The van der Waals surface area contributed by atoms with Crippen LogP contribution in [0.25, 0.3) is 0 Å². The second-order valence-corrected chi connectivity index (χ2v) is 5.16. The molecule has 0 aromatic carbocycles. The molecule has 5 nitrogen and oxygen atoms in total. The van der Waals surface area contributed by atoms with E-state index in [1.54, 1.807) is 24.5 Å². The predicted octanol–water partition coefficient (Wildman–Crippen LogP) is 3.06. The molecule has 7 heteroatoms. The van der Waals surface area contributed by atoms with Crippen LogP contribution in [0.15, 0.2) is 36.7 Å². The maximum absolute atomic E-state index is 6.01. The van der Waals surface area contributed by atoms with Gasteiger partial charge in [0.15, 0.2) is 10.9 Å². The largest absolute Gasteiger partial charge is 0.492 e. The first-order chi connectivity index (χ1) is 10.7. The number of hydrogen-bond donors (Lipinski definition) is 2. The average molecular weight is 337 g/mol. The van der Waals surface area contributed by atoms with E-state index < -0.39 is 0 Å². The van der Waals surface area contributed by atoms with Crippen molar-refractivity contribution >= 4 is 34.7 Å². The number of anilines is 1. The molecular weight excluding hydrogens is 320 g/mol. The highest BCUT2D eigenvalue weighted by Gasteiger charge is 2.06. The van der Waals surface area contributed by atoms with Gasteiger partial charge >= 0.3 is 0 Å². The lowest BCUT2D eigenvalue weighted by molar-refractivity contribution is 0.334. The lowest BCUT2D eigenvalue weighted by Gasteiger charge is -2.12. The van der Waals surface area contributed by atoms with Gasteiger partial charge in [-0.3, -0.25) is 4.98 Å². The van der Waals surface area contributed by atoms with Crippen LogP contribution in [0.2, 0.25) is 5.02 Å². The summed E-state index contributed by atoms with van der Waals surface area (Å²) in [5.74, 6) is 1.34. The minimum atomic E-state index is 0.467. The molecule has 0 saturated carbocycles. The summed E-state index contributed by atoms with van der Waals surface area (Å²) in [6.45, 7) is 3.20. The molecule has 0 saturated heterocycles. The molecule has 2 rings (SSSR count). The molecule has 116 valence electrons. The van der Waals surface area contributed by atoms with Crippen molar-refractivity contribution in [3.05, 3.63) is 47.4 Å². The van der Waals surface area contributed by atoms with Gasteiger partial charge in [0.05, 0.1) is 17.3 Å². The third-order valence-electron chi connectivity index (χ3n) is 2.79. The van der Waals surface area contributed by atoms with Crippen molar-refractivity contribution in [2.24, 2.45) is 0 Å². The van der Waals surface area contributed by atoms with Crippen molar-refractivity contribution in [2.75, 3.05) is 18.5 Å². The number of nitrogens with zero attached hydrogens (tertiary/aromatic N) is 2. The van der Waals surface area contributed by atoms with Gasteiger partial charge in [0.1, 0.15) is 5.75 Å². The van der Waals surface area contributed by atoms with E-state index >= 15 is 0 Å². The van der Waals surface area contributed by atoms with Gasteiger partial charge in [-0.05, 0) is 43.4 Å². The molecule has 0 radical (unpaired) electrons. The highest BCUT2D eigenvalue weighted by molar-refractivity contribution is 7.80. The van der Waals surface area contributed by atoms with Gasteiger partial charge in [-0.15, -0.1) is 0 Å². The van der Waals surface area contributed by atoms with Crippen LogP contribution in [0.5, 0.6) is 5.75 Å². The third-order valence-corrected chi connectivity index (χ3v) is 3.34. The second kappa shape index (κ2) is 8.51. The SMILES string of the molecule is CCOc1cccnc1CCNC(=S)Nc1ncccc1Cl. The van der Waals surface area contributed by atoms with Gasteiger partial charge in [-0.1, -0.05) is 11.6 Å². The normalized spacial score (nSPS) is 10.1. The van der Waals surface area contributed by atoms with Crippen LogP contribution < -0.4 is 15.4 Å². The highest BCUT2D eigenvalue weighted by atomic mass is 35.5. The number of hydrogen-bond acceptors (Lipinski definition) is 4. The lowest BCUT2D eigenvalue weighted by Crippen LogP contribution is -2.30. The van der Waals surface area contributed by atoms with Crippen LogP contribution >= 0.6 is 23.8 Å². The van der Waals surface area contributed by atoms with Crippen molar-refractivity contribution < 1.29 is 4.74 Å². The molecule has 0 bridgehead atoms. The Bertz CT molecular complexity index is 638. The van der Waals surface area contributed by atoms with Crippen molar-refractivity contribution in [1.29, 1.82) is 0 Å². The van der Waals surface area contributed by atoms with Crippen LogP contribution in [0.3, 0.4) is 0 Å². The van der Waals surface area contributed by atoms with Gasteiger partial charge in [-0.2, -0.15) is 0 Å². The van der Waals surface area contributed by atoms with Crippen molar-refractivity contribution in [3.63, 3.8) is 0 Å². The van der Waals surface area contributed by atoms with Crippen LogP contribution in [0, 0.1) is 0 Å². The van der Waals surface area contributed by atoms with E-state index in [0.29, 0.717) is 35.5 Å². The maximum Gasteiger partial charge on any atom is 0.171 e. The Morgan fingerprint density at radius 2 is 2.05 bits per heavy atom. The van der Waals surface area contributed by atoms with Gasteiger partial charge in [0.25, 0.3) is 0 Å². The fraction of sp³-hybridized carbons (Fsp3) is 0.267. The number of ether oxygens (including phenoxy) is 1. The Morgan fingerprint density at radius 3 is 2.82 bits per heavy atom. The van der Waals surface area contributed by atoms with E-state index in [1.165, 1.54) is 0 Å². The number of rotatable bonds is 6. The summed E-state index contributed by atoms with van der Waals surface area (Å²) in [6.07, 6.45) is 4.11. The second-order valence-electron chi connectivity index (χ2n) is 4.35. The maximum atomic E-state index is 6.01. The highest BCUT2D eigenvalue weighted by Crippen LogP contribution is 2.17. The van der Waals surface area contributed by atoms with E-state index in [4.69, 9.17) is 28.6 Å². The molecule has 2 N–H and O–H groups in total. The molecule has 2 aromatic heterocycles. The Balaban J connectivity index is 1.84. The minimum Gasteiger partial charge on any atom is -0.492 e. The molecule has 0 aliphatic carbocycles.